The Balaban J connectivity index is 1.73. The van der Waals surface area contributed by atoms with Crippen molar-refractivity contribution < 1.29 is 9.53 Å². The Morgan fingerprint density at radius 2 is 2.21 bits per heavy atom. The first kappa shape index (κ1) is 20.2. The van der Waals surface area contributed by atoms with Gasteiger partial charge in [-0.3, -0.25) is 14.2 Å². The highest BCUT2D eigenvalue weighted by Crippen LogP contribution is 2.25. The molecule has 2 aromatic heterocycles. The Morgan fingerprint density at radius 3 is 2.96 bits per heavy atom. The maximum Gasteiger partial charge on any atom is 0.262 e. The van der Waals surface area contributed by atoms with Crippen molar-refractivity contribution >= 4 is 49.6 Å². The fourth-order valence-corrected chi connectivity index (χ4v) is 4.02. The fourth-order valence-electron chi connectivity index (χ4n) is 2.65. The molecule has 0 unspecified atom stereocenters. The van der Waals surface area contributed by atoms with Crippen LogP contribution in [0.4, 0.5) is 0 Å². The average Bonchev–Trinajstić information content (AvgIpc) is 2.94. The fraction of sp³-hybridized carbons (Fsp3) is 0.263. The summed E-state index contributed by atoms with van der Waals surface area (Å²) in [6.45, 7) is 6.09. The monoisotopic (exact) mass is 462 g/mol. The van der Waals surface area contributed by atoms with Crippen LogP contribution in [0.1, 0.15) is 22.9 Å². The first-order valence-electron chi connectivity index (χ1n) is 8.60. The molecule has 1 amide bonds. The number of aromatic nitrogens is 2. The molecule has 0 aliphatic heterocycles. The molecule has 0 bridgehead atoms. The van der Waals surface area contributed by atoms with Gasteiger partial charge >= 0.3 is 0 Å². The normalized spacial score (nSPS) is 11.3. The summed E-state index contributed by atoms with van der Waals surface area (Å²) < 4.78 is 7.70. The molecule has 0 atom stereocenters. The zero-order valence-corrected chi connectivity index (χ0v) is 18.1. The van der Waals surface area contributed by atoms with Gasteiger partial charge in [-0.05, 0) is 44.5 Å². The molecule has 0 saturated carbocycles. The van der Waals surface area contributed by atoms with Crippen molar-refractivity contribution in [3.8, 4) is 5.75 Å². The third-order valence-corrected chi connectivity index (χ3v) is 5.74. The second kappa shape index (κ2) is 8.66. The smallest absolute Gasteiger partial charge is 0.262 e. The van der Waals surface area contributed by atoms with Gasteiger partial charge < -0.3 is 4.74 Å². The summed E-state index contributed by atoms with van der Waals surface area (Å²) in [6, 6.07) is 5.53. The first-order chi connectivity index (χ1) is 13.4. The number of hydrogen-bond acceptors (Lipinski definition) is 6. The molecule has 28 heavy (non-hydrogen) atoms. The van der Waals surface area contributed by atoms with E-state index < -0.39 is 5.91 Å². The molecule has 1 aromatic carbocycles. The lowest BCUT2D eigenvalue weighted by molar-refractivity contribution is -0.121. The average molecular weight is 463 g/mol. The van der Waals surface area contributed by atoms with E-state index in [9.17, 15) is 9.59 Å². The number of thiophene rings is 1. The number of ether oxygens (including phenoxy) is 1. The maximum absolute atomic E-state index is 12.6. The van der Waals surface area contributed by atoms with Gasteiger partial charge in [-0.25, -0.2) is 10.4 Å². The minimum atomic E-state index is -0.419. The van der Waals surface area contributed by atoms with E-state index in [0.717, 1.165) is 20.5 Å². The first-order valence-corrected chi connectivity index (χ1v) is 10.2. The lowest BCUT2D eigenvalue weighted by Gasteiger charge is -2.07. The number of nitrogens with one attached hydrogen (secondary N) is 1. The van der Waals surface area contributed by atoms with Crippen molar-refractivity contribution in [2.75, 3.05) is 6.61 Å². The Kier molecular flexibility index (Phi) is 6.25. The molecule has 0 saturated heterocycles. The molecular formula is C19H19BrN4O3S. The van der Waals surface area contributed by atoms with Crippen LogP contribution in [0.25, 0.3) is 10.2 Å². The van der Waals surface area contributed by atoms with Crippen LogP contribution in [0.3, 0.4) is 0 Å². The molecule has 7 nitrogen and oxygen atoms in total. The number of amides is 1. The Bertz CT molecular complexity index is 1120. The summed E-state index contributed by atoms with van der Waals surface area (Å²) in [5.74, 6) is 0.245. The molecule has 3 rings (SSSR count). The molecular weight excluding hydrogens is 444 g/mol. The van der Waals surface area contributed by atoms with Crippen molar-refractivity contribution in [1.82, 2.24) is 15.0 Å². The molecule has 1 N–H and O–H groups in total. The number of rotatable bonds is 6. The largest absolute Gasteiger partial charge is 0.493 e. The zero-order valence-electron chi connectivity index (χ0n) is 15.7. The van der Waals surface area contributed by atoms with E-state index in [1.165, 1.54) is 28.4 Å². The summed E-state index contributed by atoms with van der Waals surface area (Å²) in [5.41, 5.74) is 3.84. The van der Waals surface area contributed by atoms with Gasteiger partial charge in [-0.1, -0.05) is 15.9 Å². The number of nitrogens with zero attached hydrogens (tertiary/aromatic N) is 3. The van der Waals surface area contributed by atoms with Crippen molar-refractivity contribution in [1.29, 1.82) is 0 Å². The number of aryl methyl sites for hydroxylation is 2. The van der Waals surface area contributed by atoms with E-state index >= 15 is 0 Å². The summed E-state index contributed by atoms with van der Waals surface area (Å²) in [6.07, 6.45) is 2.90. The maximum atomic E-state index is 12.6. The molecule has 2 heterocycles. The molecule has 0 aliphatic carbocycles. The summed E-state index contributed by atoms with van der Waals surface area (Å²) in [5, 5.41) is 4.54. The molecule has 9 heteroatoms. The topological polar surface area (TPSA) is 85.6 Å². The highest BCUT2D eigenvalue weighted by atomic mass is 79.9. The lowest BCUT2D eigenvalue weighted by Crippen LogP contribution is -2.30. The summed E-state index contributed by atoms with van der Waals surface area (Å²) in [7, 11) is 0. The number of carbonyl (C=O) groups excluding carboxylic acids is 1. The number of fused-ring (bicyclic) bond motifs is 1. The van der Waals surface area contributed by atoms with E-state index in [0.29, 0.717) is 22.6 Å². The quantitative estimate of drug-likeness (QED) is 0.449. The predicted molar refractivity (Wildman–Crippen MR) is 114 cm³/mol. The molecule has 0 radical (unpaired) electrons. The minimum absolute atomic E-state index is 0.162. The zero-order chi connectivity index (χ0) is 20.3. The number of benzene rings is 1. The van der Waals surface area contributed by atoms with Crippen LogP contribution in [-0.4, -0.2) is 28.3 Å². The van der Waals surface area contributed by atoms with Crippen LogP contribution in [0.2, 0.25) is 0 Å². The summed E-state index contributed by atoms with van der Waals surface area (Å²) in [4.78, 5) is 30.9. The van der Waals surface area contributed by atoms with E-state index in [1.54, 1.807) is 0 Å². The molecule has 0 fully saturated rings. The Labute approximate surface area is 174 Å². The van der Waals surface area contributed by atoms with Gasteiger partial charge in [-0.15, -0.1) is 11.3 Å². The number of hydrogen-bond donors (Lipinski definition) is 1. The van der Waals surface area contributed by atoms with E-state index in [2.05, 4.69) is 31.4 Å². The van der Waals surface area contributed by atoms with Crippen LogP contribution in [0.15, 0.2) is 38.9 Å². The van der Waals surface area contributed by atoms with Crippen LogP contribution < -0.4 is 15.7 Å². The molecule has 3 aromatic rings. The van der Waals surface area contributed by atoms with Gasteiger partial charge in [0.15, 0.2) is 0 Å². The highest BCUT2D eigenvalue weighted by molar-refractivity contribution is 9.10. The lowest BCUT2D eigenvalue weighted by atomic mass is 10.2. The van der Waals surface area contributed by atoms with Crippen LogP contribution in [-0.2, 0) is 11.3 Å². The number of hydrazone groups is 1. The Morgan fingerprint density at radius 1 is 1.43 bits per heavy atom. The molecule has 0 spiro atoms. The van der Waals surface area contributed by atoms with Gasteiger partial charge in [0.25, 0.3) is 11.5 Å². The highest BCUT2D eigenvalue weighted by Gasteiger charge is 2.13. The van der Waals surface area contributed by atoms with E-state index in [1.807, 2.05) is 39.0 Å². The van der Waals surface area contributed by atoms with Crippen LogP contribution in [0, 0.1) is 13.8 Å². The second-order valence-electron chi connectivity index (χ2n) is 6.05. The van der Waals surface area contributed by atoms with Crippen molar-refractivity contribution in [3.63, 3.8) is 0 Å². The minimum Gasteiger partial charge on any atom is -0.493 e. The predicted octanol–water partition coefficient (Wildman–Crippen LogP) is 3.39. The van der Waals surface area contributed by atoms with Gasteiger partial charge in [0, 0.05) is 14.9 Å². The van der Waals surface area contributed by atoms with Crippen molar-refractivity contribution in [3.05, 3.63) is 55.4 Å². The molecule has 146 valence electrons. The molecule has 0 aliphatic rings. The van der Waals surface area contributed by atoms with Gasteiger partial charge in [0.2, 0.25) is 0 Å². The third-order valence-electron chi connectivity index (χ3n) is 4.13. The summed E-state index contributed by atoms with van der Waals surface area (Å²) >= 11 is 4.87. The van der Waals surface area contributed by atoms with Gasteiger partial charge in [-0.2, -0.15) is 5.10 Å². The van der Waals surface area contributed by atoms with Gasteiger partial charge in [0.1, 0.15) is 17.1 Å². The van der Waals surface area contributed by atoms with E-state index in [-0.39, 0.29) is 12.1 Å². The van der Waals surface area contributed by atoms with Crippen molar-refractivity contribution in [2.24, 2.45) is 5.10 Å². The standard InChI is InChI=1S/C19H19BrN4O3S/c1-4-27-15-6-5-14(20)7-13(15)8-22-23-16(25)9-24-10-21-18-17(19(24)26)11(2)12(3)28-18/h5-8,10H,4,9H2,1-3H3,(H,23,25)/b22-8+. The van der Waals surface area contributed by atoms with Crippen LogP contribution in [0.5, 0.6) is 5.75 Å². The Hall–Kier alpha value is -2.52. The van der Waals surface area contributed by atoms with Gasteiger partial charge in [0.05, 0.1) is 24.5 Å². The number of carbonyl (C=O) groups is 1. The SMILES string of the molecule is CCOc1ccc(Br)cc1/C=N/NC(=O)Cn1cnc2sc(C)c(C)c2c1=O. The van der Waals surface area contributed by atoms with Crippen molar-refractivity contribution in [2.45, 2.75) is 27.3 Å². The third kappa shape index (κ3) is 4.31. The van der Waals surface area contributed by atoms with E-state index in [4.69, 9.17) is 4.74 Å². The number of halogens is 1. The second-order valence-corrected chi connectivity index (χ2v) is 8.17. The van der Waals surface area contributed by atoms with Crippen LogP contribution >= 0.6 is 27.3 Å².